The highest BCUT2D eigenvalue weighted by atomic mass is 19.4. The Morgan fingerprint density at radius 3 is 2.34 bits per heavy atom. The summed E-state index contributed by atoms with van der Waals surface area (Å²) < 4.78 is 47.7. The summed E-state index contributed by atoms with van der Waals surface area (Å²) in [6.07, 6.45) is -3.43. The third-order valence-electron chi connectivity index (χ3n) is 6.50. The van der Waals surface area contributed by atoms with Crippen molar-refractivity contribution < 1.29 is 32.6 Å². The molecule has 2 heterocycles. The van der Waals surface area contributed by atoms with Crippen molar-refractivity contribution in [3.05, 3.63) is 82.0 Å². The van der Waals surface area contributed by atoms with Crippen molar-refractivity contribution in [2.45, 2.75) is 45.1 Å². The summed E-state index contributed by atoms with van der Waals surface area (Å²) in [5.41, 5.74) is 1.14. The molecule has 1 aromatic heterocycles. The minimum Gasteiger partial charge on any atom is -0.465 e. The van der Waals surface area contributed by atoms with E-state index in [-0.39, 0.29) is 19.0 Å². The molecule has 1 aliphatic rings. The largest absolute Gasteiger partial charge is 0.465 e. The first kappa shape index (κ1) is 27.2. The predicted molar refractivity (Wildman–Crippen MR) is 134 cm³/mol. The first-order chi connectivity index (χ1) is 18.1. The van der Waals surface area contributed by atoms with Gasteiger partial charge >= 0.3 is 12.1 Å². The molecule has 0 saturated heterocycles. The number of alkyl halides is 3. The minimum atomic E-state index is -4.81. The maximum atomic E-state index is 13.9. The van der Waals surface area contributed by atoms with Crippen LogP contribution in [0.2, 0.25) is 0 Å². The number of methoxy groups -OCH3 is 1. The number of carbonyl (C=O) groups is 2. The Hall–Kier alpha value is -3.86. The number of aromatic nitrogens is 2. The highest BCUT2D eigenvalue weighted by molar-refractivity contribution is 6.01. The molecule has 0 bridgehead atoms. The molecule has 1 aliphatic heterocycles. The zero-order chi connectivity index (χ0) is 27.4. The Morgan fingerprint density at radius 2 is 1.74 bits per heavy atom. The van der Waals surface area contributed by atoms with Gasteiger partial charge in [0.05, 0.1) is 25.3 Å². The number of fused-ring (bicyclic) bond motifs is 1. The summed E-state index contributed by atoms with van der Waals surface area (Å²) >= 11 is 0. The molecule has 0 spiro atoms. The molecule has 3 aromatic rings. The number of nitrogens with zero attached hydrogens (tertiary/aromatic N) is 3. The van der Waals surface area contributed by atoms with Crippen molar-refractivity contribution in [1.82, 2.24) is 15.1 Å². The first-order valence-corrected chi connectivity index (χ1v) is 12.2. The summed E-state index contributed by atoms with van der Waals surface area (Å²) in [6.45, 7) is 2.71. The molecule has 1 atom stereocenters. The maximum absolute atomic E-state index is 13.9. The molecular weight excluding hydrogens is 501 g/mol. The fourth-order valence-electron chi connectivity index (χ4n) is 4.51. The molecule has 1 amide bonds. The van der Waals surface area contributed by atoms with Crippen LogP contribution in [0.4, 0.5) is 19.0 Å². The minimum absolute atomic E-state index is 0.101. The molecule has 202 valence electrons. The van der Waals surface area contributed by atoms with Crippen molar-refractivity contribution in [2.24, 2.45) is 0 Å². The van der Waals surface area contributed by atoms with E-state index in [1.54, 1.807) is 24.0 Å². The van der Waals surface area contributed by atoms with Crippen LogP contribution in [0.3, 0.4) is 0 Å². The molecular formula is C27H29F3N4O4. The molecule has 0 aliphatic carbocycles. The molecule has 38 heavy (non-hydrogen) atoms. The second-order valence-corrected chi connectivity index (χ2v) is 9.14. The molecule has 8 nitrogen and oxygen atoms in total. The molecule has 11 heteroatoms. The van der Waals surface area contributed by atoms with E-state index in [0.29, 0.717) is 30.6 Å². The molecule has 0 fully saturated rings. The van der Waals surface area contributed by atoms with E-state index in [9.17, 15) is 22.8 Å². The van der Waals surface area contributed by atoms with Crippen LogP contribution in [0.15, 0.2) is 48.5 Å². The van der Waals surface area contributed by atoms with Crippen LogP contribution in [-0.4, -0.2) is 47.0 Å². The van der Waals surface area contributed by atoms with Gasteiger partial charge in [-0.05, 0) is 48.6 Å². The van der Waals surface area contributed by atoms with Crippen molar-refractivity contribution in [1.29, 1.82) is 0 Å². The molecule has 2 N–H and O–H groups in total. The second-order valence-electron chi connectivity index (χ2n) is 9.14. The van der Waals surface area contributed by atoms with Crippen LogP contribution < -0.4 is 10.2 Å². The van der Waals surface area contributed by atoms with Gasteiger partial charge in [-0.25, -0.2) is 9.48 Å². The lowest BCUT2D eigenvalue weighted by molar-refractivity contribution is -0.141. The number of nitrogens with one attached hydrogen (secondary N) is 1. The lowest BCUT2D eigenvalue weighted by atomic mass is 10.1. The van der Waals surface area contributed by atoms with Gasteiger partial charge in [-0.2, -0.15) is 18.3 Å². The normalized spacial score (nSPS) is 13.8. The van der Waals surface area contributed by atoms with Crippen molar-refractivity contribution >= 4 is 17.7 Å². The van der Waals surface area contributed by atoms with E-state index in [2.05, 4.69) is 15.2 Å². The number of anilines is 1. The zero-order valence-corrected chi connectivity index (χ0v) is 21.1. The summed E-state index contributed by atoms with van der Waals surface area (Å²) in [5, 5.41) is 15.4. The number of esters is 1. The summed E-state index contributed by atoms with van der Waals surface area (Å²) in [4.78, 5) is 26.7. The van der Waals surface area contributed by atoms with Gasteiger partial charge in [-0.3, -0.25) is 4.79 Å². The number of rotatable bonds is 9. The van der Waals surface area contributed by atoms with Crippen molar-refractivity contribution in [3.8, 4) is 0 Å². The standard InChI is InChI=1S/C27H29F3N4O4/c1-17(20-9-11-21(12-10-20)26(37)38-2)31-24(36)22-23(27(28,29)30)32-34-14-13-33(25(22)34)16-19-7-5-18(6-8-19)4-3-15-35/h5-12,17,35H,3-4,13-16H2,1-2H3,(H,31,36). The Balaban J connectivity index is 1.58. The van der Waals surface area contributed by atoms with E-state index >= 15 is 0 Å². The first-order valence-electron chi connectivity index (χ1n) is 12.2. The lowest BCUT2D eigenvalue weighted by Gasteiger charge is -2.21. The number of ether oxygens (including phenoxy) is 1. The Labute approximate surface area is 218 Å². The lowest BCUT2D eigenvalue weighted by Crippen LogP contribution is -2.31. The maximum Gasteiger partial charge on any atom is 0.436 e. The number of carbonyl (C=O) groups excluding carboxylic acids is 2. The predicted octanol–water partition coefficient (Wildman–Crippen LogP) is 4.12. The number of aliphatic hydroxyl groups excluding tert-OH is 1. The Kier molecular flexibility index (Phi) is 8.05. The highest BCUT2D eigenvalue weighted by Crippen LogP contribution is 2.38. The third-order valence-corrected chi connectivity index (χ3v) is 6.50. The number of hydrogen-bond donors (Lipinski definition) is 2. The number of aryl methyl sites for hydroxylation is 1. The molecule has 0 radical (unpaired) electrons. The smallest absolute Gasteiger partial charge is 0.436 e. The SMILES string of the molecule is COC(=O)c1ccc(C(C)NC(=O)c2c(C(F)(F)F)nn3c2N(Cc2ccc(CCCO)cc2)CC3)cc1. The van der Waals surface area contributed by atoms with Crippen LogP contribution in [0, 0.1) is 0 Å². The monoisotopic (exact) mass is 530 g/mol. The molecule has 2 aromatic carbocycles. The van der Waals surface area contributed by atoms with Crippen molar-refractivity contribution in [2.75, 3.05) is 25.2 Å². The van der Waals surface area contributed by atoms with Gasteiger partial charge < -0.3 is 20.1 Å². The summed E-state index contributed by atoms with van der Waals surface area (Å²) in [7, 11) is 1.26. The van der Waals surface area contributed by atoms with Crippen LogP contribution in [0.1, 0.15) is 62.5 Å². The summed E-state index contributed by atoms with van der Waals surface area (Å²) in [6, 6.07) is 13.3. The molecule has 4 rings (SSSR count). The van der Waals surface area contributed by atoms with E-state index in [1.807, 2.05) is 24.3 Å². The van der Waals surface area contributed by atoms with E-state index in [1.165, 1.54) is 23.9 Å². The van der Waals surface area contributed by atoms with Gasteiger partial charge in [0.2, 0.25) is 0 Å². The Bertz CT molecular complexity index is 1290. The van der Waals surface area contributed by atoms with Crippen LogP contribution >= 0.6 is 0 Å². The van der Waals surface area contributed by atoms with Gasteiger partial charge in [0.1, 0.15) is 11.4 Å². The number of aliphatic hydroxyl groups is 1. The van der Waals surface area contributed by atoms with Crippen molar-refractivity contribution in [3.63, 3.8) is 0 Å². The van der Waals surface area contributed by atoms with Gasteiger partial charge in [-0.1, -0.05) is 36.4 Å². The van der Waals surface area contributed by atoms with E-state index in [4.69, 9.17) is 5.11 Å². The molecule has 0 saturated carbocycles. The number of benzene rings is 2. The number of halogens is 3. The fraction of sp³-hybridized carbons (Fsp3) is 0.370. The van der Waals surface area contributed by atoms with Crippen LogP contribution in [0.5, 0.6) is 0 Å². The molecule has 1 unspecified atom stereocenters. The van der Waals surface area contributed by atoms with E-state index in [0.717, 1.165) is 17.5 Å². The summed E-state index contributed by atoms with van der Waals surface area (Å²) in [5.74, 6) is -1.26. The third kappa shape index (κ3) is 5.83. The average molecular weight is 531 g/mol. The number of amides is 1. The number of hydrogen-bond acceptors (Lipinski definition) is 6. The highest BCUT2D eigenvalue weighted by Gasteiger charge is 2.44. The zero-order valence-electron chi connectivity index (χ0n) is 21.1. The van der Waals surface area contributed by atoms with Gasteiger partial charge in [0, 0.05) is 19.7 Å². The fourth-order valence-corrected chi connectivity index (χ4v) is 4.51. The van der Waals surface area contributed by atoms with Gasteiger partial charge in [-0.15, -0.1) is 0 Å². The van der Waals surface area contributed by atoms with Gasteiger partial charge in [0.15, 0.2) is 5.69 Å². The average Bonchev–Trinajstić information content (AvgIpc) is 3.48. The second kappa shape index (κ2) is 11.3. The van der Waals surface area contributed by atoms with E-state index < -0.39 is 35.4 Å². The van der Waals surface area contributed by atoms with Crippen LogP contribution in [0.25, 0.3) is 0 Å². The Morgan fingerprint density at radius 1 is 1.08 bits per heavy atom. The quantitative estimate of drug-likeness (QED) is 0.404. The topological polar surface area (TPSA) is 96.7 Å². The van der Waals surface area contributed by atoms with Crippen LogP contribution in [-0.2, 0) is 30.4 Å². The van der Waals surface area contributed by atoms with Gasteiger partial charge in [0.25, 0.3) is 5.91 Å².